The molecule has 0 saturated carbocycles. The van der Waals surface area contributed by atoms with E-state index in [9.17, 15) is 10.2 Å². The van der Waals surface area contributed by atoms with E-state index in [4.69, 9.17) is 0 Å². The van der Waals surface area contributed by atoms with E-state index in [0.717, 1.165) is 18.4 Å². The van der Waals surface area contributed by atoms with Gasteiger partial charge in [-0.3, -0.25) is 0 Å². The standard InChI is InChI=1S/C14H17NO2/c16-7-9-5-6-13-14(11(9)8-17)10-3-1-2-4-12(10)15-13/h1-4,9,11,15-17H,5-8H2. The average molecular weight is 231 g/mol. The Balaban J connectivity index is 2.19. The van der Waals surface area contributed by atoms with Crippen LogP contribution in [0.3, 0.4) is 0 Å². The number of rotatable bonds is 2. The number of hydrogen-bond donors (Lipinski definition) is 3. The van der Waals surface area contributed by atoms with Gasteiger partial charge in [0.25, 0.3) is 0 Å². The van der Waals surface area contributed by atoms with Crippen molar-refractivity contribution in [3.63, 3.8) is 0 Å². The lowest BCUT2D eigenvalue weighted by atomic mass is 9.77. The predicted molar refractivity (Wildman–Crippen MR) is 67.0 cm³/mol. The number of fused-ring (bicyclic) bond motifs is 3. The molecule has 0 aliphatic heterocycles. The van der Waals surface area contributed by atoms with Crippen LogP contribution in [0.15, 0.2) is 24.3 Å². The Morgan fingerprint density at radius 3 is 2.76 bits per heavy atom. The Morgan fingerprint density at radius 1 is 1.18 bits per heavy atom. The zero-order chi connectivity index (χ0) is 11.8. The quantitative estimate of drug-likeness (QED) is 0.738. The fourth-order valence-electron chi connectivity index (χ4n) is 3.07. The van der Waals surface area contributed by atoms with E-state index in [1.54, 1.807) is 0 Å². The Labute approximate surface area is 100 Å². The molecule has 3 nitrogen and oxygen atoms in total. The predicted octanol–water partition coefficient (Wildman–Crippen LogP) is 1.80. The van der Waals surface area contributed by atoms with Gasteiger partial charge in [0.15, 0.2) is 0 Å². The summed E-state index contributed by atoms with van der Waals surface area (Å²) in [5, 5.41) is 20.2. The van der Waals surface area contributed by atoms with Crippen molar-refractivity contribution in [2.24, 2.45) is 5.92 Å². The number of benzene rings is 1. The summed E-state index contributed by atoms with van der Waals surface area (Å²) in [7, 11) is 0. The van der Waals surface area contributed by atoms with E-state index in [2.05, 4.69) is 17.1 Å². The fourth-order valence-corrected chi connectivity index (χ4v) is 3.07. The van der Waals surface area contributed by atoms with Crippen molar-refractivity contribution in [2.45, 2.75) is 18.8 Å². The van der Waals surface area contributed by atoms with E-state index < -0.39 is 0 Å². The number of H-pyrrole nitrogens is 1. The fraction of sp³-hybridized carbons (Fsp3) is 0.429. The highest BCUT2D eigenvalue weighted by Gasteiger charge is 2.31. The van der Waals surface area contributed by atoms with E-state index >= 15 is 0 Å². The Kier molecular flexibility index (Phi) is 2.65. The summed E-state index contributed by atoms with van der Waals surface area (Å²) in [4.78, 5) is 3.43. The highest BCUT2D eigenvalue weighted by atomic mass is 16.3. The second-order valence-corrected chi connectivity index (χ2v) is 4.83. The minimum absolute atomic E-state index is 0.0694. The van der Waals surface area contributed by atoms with Crippen molar-refractivity contribution < 1.29 is 10.2 Å². The molecule has 1 aromatic carbocycles. The molecule has 3 rings (SSSR count). The molecule has 0 saturated heterocycles. The first kappa shape index (κ1) is 10.8. The molecule has 0 spiro atoms. The first-order valence-electron chi connectivity index (χ1n) is 6.16. The van der Waals surface area contributed by atoms with Crippen LogP contribution in [0.1, 0.15) is 23.6 Å². The minimum atomic E-state index is 0.0694. The molecule has 0 amide bonds. The normalized spacial score (nSPS) is 23.9. The van der Waals surface area contributed by atoms with Crippen LogP contribution in [-0.2, 0) is 6.42 Å². The highest BCUT2D eigenvalue weighted by Crippen LogP contribution is 2.39. The topological polar surface area (TPSA) is 56.2 Å². The number of aliphatic hydroxyl groups is 2. The second-order valence-electron chi connectivity index (χ2n) is 4.83. The summed E-state index contributed by atoms with van der Waals surface area (Å²) < 4.78 is 0. The van der Waals surface area contributed by atoms with Gasteiger partial charge in [0.05, 0.1) is 6.61 Å². The van der Waals surface area contributed by atoms with Crippen LogP contribution in [0.4, 0.5) is 0 Å². The Morgan fingerprint density at radius 2 is 2.00 bits per heavy atom. The third-order valence-corrected chi connectivity index (χ3v) is 3.96. The van der Waals surface area contributed by atoms with Crippen LogP contribution in [0.5, 0.6) is 0 Å². The number of para-hydroxylation sites is 1. The van der Waals surface area contributed by atoms with E-state index in [-0.39, 0.29) is 25.0 Å². The molecule has 1 aromatic heterocycles. The third kappa shape index (κ3) is 1.58. The molecule has 1 aliphatic carbocycles. The van der Waals surface area contributed by atoms with Crippen molar-refractivity contribution in [3.8, 4) is 0 Å². The molecule has 1 heterocycles. The summed E-state index contributed by atoms with van der Waals surface area (Å²) in [6.45, 7) is 0.268. The van der Waals surface area contributed by atoms with E-state index in [1.807, 2.05) is 12.1 Å². The largest absolute Gasteiger partial charge is 0.396 e. The number of aromatic amines is 1. The van der Waals surface area contributed by atoms with Crippen molar-refractivity contribution in [1.29, 1.82) is 0 Å². The van der Waals surface area contributed by atoms with Crippen LogP contribution in [-0.4, -0.2) is 28.4 Å². The Hall–Kier alpha value is -1.32. The van der Waals surface area contributed by atoms with Gasteiger partial charge in [0.1, 0.15) is 0 Å². The van der Waals surface area contributed by atoms with Crippen molar-refractivity contribution in [2.75, 3.05) is 13.2 Å². The molecular formula is C14H17NO2. The monoisotopic (exact) mass is 231 g/mol. The molecular weight excluding hydrogens is 214 g/mol. The maximum atomic E-state index is 9.59. The number of aliphatic hydroxyl groups excluding tert-OH is 2. The molecule has 2 unspecified atom stereocenters. The van der Waals surface area contributed by atoms with Gasteiger partial charge in [0, 0.05) is 29.1 Å². The van der Waals surface area contributed by atoms with Gasteiger partial charge < -0.3 is 15.2 Å². The number of aryl methyl sites for hydroxylation is 1. The van der Waals surface area contributed by atoms with Gasteiger partial charge in [-0.1, -0.05) is 18.2 Å². The van der Waals surface area contributed by atoms with Gasteiger partial charge in [0.2, 0.25) is 0 Å². The first-order valence-corrected chi connectivity index (χ1v) is 6.16. The SMILES string of the molecule is OCC1CCc2[nH]c3ccccc3c2C1CO. The molecule has 3 heteroatoms. The van der Waals surface area contributed by atoms with Crippen LogP contribution < -0.4 is 0 Å². The summed E-state index contributed by atoms with van der Waals surface area (Å²) >= 11 is 0. The first-order chi connectivity index (χ1) is 8.35. The maximum Gasteiger partial charge on any atom is 0.0504 e. The summed E-state index contributed by atoms with van der Waals surface area (Å²) in [6.07, 6.45) is 1.91. The molecule has 0 bridgehead atoms. The molecule has 1 aliphatic rings. The summed E-state index contributed by atoms with van der Waals surface area (Å²) in [6, 6.07) is 8.19. The van der Waals surface area contributed by atoms with Gasteiger partial charge >= 0.3 is 0 Å². The van der Waals surface area contributed by atoms with Crippen LogP contribution in [0.2, 0.25) is 0 Å². The van der Waals surface area contributed by atoms with Gasteiger partial charge in [-0.05, 0) is 30.4 Å². The lowest BCUT2D eigenvalue weighted by molar-refractivity contribution is 0.146. The maximum absolute atomic E-state index is 9.59. The van der Waals surface area contributed by atoms with Crippen molar-refractivity contribution in [1.82, 2.24) is 4.98 Å². The lowest BCUT2D eigenvalue weighted by Crippen LogP contribution is -2.25. The highest BCUT2D eigenvalue weighted by molar-refractivity contribution is 5.85. The van der Waals surface area contributed by atoms with Crippen LogP contribution >= 0.6 is 0 Å². The van der Waals surface area contributed by atoms with Crippen LogP contribution in [0, 0.1) is 5.92 Å². The van der Waals surface area contributed by atoms with Crippen LogP contribution in [0.25, 0.3) is 10.9 Å². The molecule has 3 N–H and O–H groups in total. The molecule has 17 heavy (non-hydrogen) atoms. The minimum Gasteiger partial charge on any atom is -0.396 e. The van der Waals surface area contributed by atoms with Gasteiger partial charge in [-0.25, -0.2) is 0 Å². The molecule has 90 valence electrons. The van der Waals surface area contributed by atoms with Crippen molar-refractivity contribution in [3.05, 3.63) is 35.5 Å². The van der Waals surface area contributed by atoms with Gasteiger partial charge in [-0.15, -0.1) is 0 Å². The lowest BCUT2D eigenvalue weighted by Gasteiger charge is -2.29. The summed E-state index contributed by atoms with van der Waals surface area (Å²) in [5.74, 6) is 0.256. The average Bonchev–Trinajstić information content (AvgIpc) is 2.76. The zero-order valence-corrected chi connectivity index (χ0v) is 9.69. The zero-order valence-electron chi connectivity index (χ0n) is 9.69. The Bertz CT molecular complexity index is 532. The number of hydrogen-bond acceptors (Lipinski definition) is 2. The summed E-state index contributed by atoms with van der Waals surface area (Å²) in [5.41, 5.74) is 3.58. The number of aromatic nitrogens is 1. The smallest absolute Gasteiger partial charge is 0.0504 e. The van der Waals surface area contributed by atoms with E-state index in [0.29, 0.717) is 0 Å². The van der Waals surface area contributed by atoms with Crippen molar-refractivity contribution >= 4 is 10.9 Å². The second kappa shape index (κ2) is 4.17. The number of nitrogens with one attached hydrogen (secondary N) is 1. The molecule has 2 aromatic rings. The van der Waals surface area contributed by atoms with E-state index in [1.165, 1.54) is 16.6 Å². The molecule has 0 fully saturated rings. The molecule has 0 radical (unpaired) electrons. The third-order valence-electron chi connectivity index (χ3n) is 3.96. The molecule has 2 atom stereocenters. The van der Waals surface area contributed by atoms with Gasteiger partial charge in [-0.2, -0.15) is 0 Å².